The second-order valence-electron chi connectivity index (χ2n) is 5.75. The normalized spacial score (nSPS) is 11.4. The minimum absolute atomic E-state index is 0.0213. The Balaban J connectivity index is 3.00. The van der Waals surface area contributed by atoms with E-state index in [0.29, 0.717) is 16.1 Å². The number of nitro groups is 2. The van der Waals surface area contributed by atoms with E-state index < -0.39 is 38.6 Å². The Hall–Kier alpha value is -2.11. The van der Waals surface area contributed by atoms with Gasteiger partial charge in [0.15, 0.2) is 0 Å². The summed E-state index contributed by atoms with van der Waals surface area (Å²) in [6, 6.07) is 2.12. The molecular formula is C16H11BrCl2F3N3O4. The van der Waals surface area contributed by atoms with E-state index in [2.05, 4.69) is 15.9 Å². The van der Waals surface area contributed by atoms with Crippen LogP contribution >= 0.6 is 39.1 Å². The lowest BCUT2D eigenvalue weighted by Gasteiger charge is -2.28. The molecule has 0 aliphatic heterocycles. The van der Waals surface area contributed by atoms with Gasteiger partial charge in [-0.3, -0.25) is 20.2 Å². The van der Waals surface area contributed by atoms with Crippen molar-refractivity contribution in [3.8, 4) is 0 Å². The first-order valence-corrected chi connectivity index (χ1v) is 9.31. The first-order chi connectivity index (χ1) is 13.3. The van der Waals surface area contributed by atoms with Crippen molar-refractivity contribution in [2.75, 3.05) is 11.4 Å². The third kappa shape index (κ3) is 4.41. The van der Waals surface area contributed by atoms with Crippen LogP contribution in [0.3, 0.4) is 0 Å². The van der Waals surface area contributed by atoms with Gasteiger partial charge in [-0.2, -0.15) is 13.2 Å². The summed E-state index contributed by atoms with van der Waals surface area (Å²) in [5.74, 6) is 0. The van der Waals surface area contributed by atoms with Crippen molar-refractivity contribution in [1.82, 2.24) is 0 Å². The van der Waals surface area contributed by atoms with Gasteiger partial charge in [0.25, 0.3) is 11.4 Å². The molecule has 2 rings (SSSR count). The Morgan fingerprint density at radius 3 is 2.14 bits per heavy atom. The third-order valence-electron chi connectivity index (χ3n) is 4.02. The zero-order valence-corrected chi connectivity index (χ0v) is 17.8. The van der Waals surface area contributed by atoms with Crippen LogP contribution in [0, 0.1) is 27.2 Å². The topological polar surface area (TPSA) is 89.5 Å². The molecule has 0 spiro atoms. The highest BCUT2D eigenvalue weighted by Crippen LogP contribution is 2.50. The van der Waals surface area contributed by atoms with Gasteiger partial charge in [0, 0.05) is 17.1 Å². The number of benzene rings is 2. The Kier molecular flexibility index (Phi) is 6.65. The molecule has 29 heavy (non-hydrogen) atoms. The molecule has 2 aromatic rings. The summed E-state index contributed by atoms with van der Waals surface area (Å²) >= 11 is 15.7. The Bertz CT molecular complexity index is 1020. The average molecular weight is 517 g/mol. The zero-order valence-electron chi connectivity index (χ0n) is 14.7. The molecule has 13 heteroatoms. The molecular weight excluding hydrogens is 506 g/mol. The van der Waals surface area contributed by atoms with Gasteiger partial charge in [-0.1, -0.05) is 39.1 Å². The lowest BCUT2D eigenvalue weighted by atomic mass is 10.1. The summed E-state index contributed by atoms with van der Waals surface area (Å²) in [5, 5.41) is 22.5. The molecule has 0 heterocycles. The highest BCUT2D eigenvalue weighted by Gasteiger charge is 2.42. The smallest absolute Gasteiger partial charge is 0.333 e. The maximum atomic E-state index is 13.7. The lowest BCUT2D eigenvalue weighted by Crippen LogP contribution is -2.23. The molecule has 0 atom stereocenters. The molecule has 7 nitrogen and oxygen atoms in total. The Morgan fingerprint density at radius 1 is 1.10 bits per heavy atom. The van der Waals surface area contributed by atoms with Gasteiger partial charge in [-0.05, 0) is 25.5 Å². The summed E-state index contributed by atoms with van der Waals surface area (Å²) in [6.07, 6.45) is -5.12. The number of hydrogen-bond donors (Lipinski definition) is 0. The summed E-state index contributed by atoms with van der Waals surface area (Å²) in [4.78, 5) is 21.2. The average Bonchev–Trinajstić information content (AvgIpc) is 2.61. The van der Waals surface area contributed by atoms with Gasteiger partial charge in [0.1, 0.15) is 5.69 Å². The van der Waals surface area contributed by atoms with Gasteiger partial charge in [0.2, 0.25) is 0 Å². The van der Waals surface area contributed by atoms with Gasteiger partial charge in [-0.25, -0.2) is 0 Å². The predicted octanol–water partition coefficient (Wildman–Crippen LogP) is 7.06. The molecule has 0 fully saturated rings. The summed E-state index contributed by atoms with van der Waals surface area (Å²) in [5.41, 5.74) is -4.23. The maximum absolute atomic E-state index is 13.7. The van der Waals surface area contributed by atoms with E-state index in [1.54, 1.807) is 6.92 Å². The quantitative estimate of drug-likeness (QED) is 0.313. The molecule has 0 saturated heterocycles. The summed E-state index contributed by atoms with van der Waals surface area (Å²) in [7, 11) is 0. The Morgan fingerprint density at radius 2 is 1.69 bits per heavy atom. The van der Waals surface area contributed by atoms with Gasteiger partial charge in [-0.15, -0.1) is 0 Å². The highest BCUT2D eigenvalue weighted by molar-refractivity contribution is 9.10. The largest absolute Gasteiger partial charge is 0.418 e. The molecule has 2 aromatic carbocycles. The van der Waals surface area contributed by atoms with E-state index in [9.17, 15) is 33.4 Å². The van der Waals surface area contributed by atoms with E-state index >= 15 is 0 Å². The van der Waals surface area contributed by atoms with Crippen LogP contribution in [0.2, 0.25) is 10.0 Å². The van der Waals surface area contributed by atoms with Crippen LogP contribution in [0.4, 0.5) is 35.9 Å². The first kappa shape index (κ1) is 23.2. The van der Waals surface area contributed by atoms with Crippen LogP contribution in [0.1, 0.15) is 18.1 Å². The number of rotatable bonds is 5. The number of anilines is 2. The van der Waals surface area contributed by atoms with Crippen molar-refractivity contribution in [2.24, 2.45) is 0 Å². The van der Waals surface area contributed by atoms with Crippen molar-refractivity contribution in [1.29, 1.82) is 0 Å². The van der Waals surface area contributed by atoms with E-state index in [1.807, 2.05) is 0 Å². The fourth-order valence-electron chi connectivity index (χ4n) is 2.70. The second-order valence-corrected chi connectivity index (χ2v) is 7.38. The van der Waals surface area contributed by atoms with E-state index in [0.717, 1.165) is 4.90 Å². The zero-order chi connectivity index (χ0) is 22.3. The van der Waals surface area contributed by atoms with Crippen molar-refractivity contribution < 1.29 is 23.0 Å². The monoisotopic (exact) mass is 515 g/mol. The maximum Gasteiger partial charge on any atom is 0.418 e. The predicted molar refractivity (Wildman–Crippen MR) is 106 cm³/mol. The van der Waals surface area contributed by atoms with Crippen LogP contribution in [0.25, 0.3) is 0 Å². The molecule has 0 saturated carbocycles. The number of halogens is 6. The third-order valence-corrected chi connectivity index (χ3v) is 5.59. The molecule has 0 N–H and O–H groups in total. The molecule has 0 aliphatic rings. The van der Waals surface area contributed by atoms with Crippen LogP contribution in [-0.4, -0.2) is 16.4 Å². The number of nitrogens with zero attached hydrogens (tertiary/aromatic N) is 3. The van der Waals surface area contributed by atoms with Crippen LogP contribution in [0.5, 0.6) is 0 Å². The fourth-order valence-corrected chi connectivity index (χ4v) is 4.03. The molecule has 156 valence electrons. The van der Waals surface area contributed by atoms with Gasteiger partial charge in [0.05, 0.1) is 37.2 Å². The van der Waals surface area contributed by atoms with Gasteiger partial charge >= 0.3 is 6.18 Å². The number of non-ortho nitro benzene ring substituents is 1. The standard InChI is InChI=1S/C16H11BrCl2F3N3O4/c1-3-23(15-11(18)6-10(17)7(2)13(15)19)14-9(16(20,21)22)4-8(24(26)27)5-12(14)25(28)29/h4-6H,3H2,1-2H3. The summed E-state index contributed by atoms with van der Waals surface area (Å²) in [6.45, 7) is 2.83. The molecule has 0 aliphatic carbocycles. The Labute approximate surface area is 180 Å². The molecule has 0 unspecified atom stereocenters. The lowest BCUT2D eigenvalue weighted by molar-refractivity contribution is -0.394. The number of hydrogen-bond acceptors (Lipinski definition) is 5. The first-order valence-electron chi connectivity index (χ1n) is 7.76. The van der Waals surface area contributed by atoms with Crippen LogP contribution < -0.4 is 4.90 Å². The highest BCUT2D eigenvalue weighted by atomic mass is 79.9. The minimum Gasteiger partial charge on any atom is -0.333 e. The van der Waals surface area contributed by atoms with Crippen molar-refractivity contribution in [2.45, 2.75) is 20.0 Å². The van der Waals surface area contributed by atoms with Crippen molar-refractivity contribution >= 4 is 61.9 Å². The molecule has 0 amide bonds. The number of nitro benzene ring substituents is 2. The molecule has 0 radical (unpaired) electrons. The summed E-state index contributed by atoms with van der Waals surface area (Å²) < 4.78 is 41.7. The van der Waals surface area contributed by atoms with E-state index in [-0.39, 0.29) is 28.3 Å². The minimum atomic E-state index is -5.12. The molecule has 0 aromatic heterocycles. The van der Waals surface area contributed by atoms with Crippen molar-refractivity contribution in [3.05, 3.63) is 64.1 Å². The van der Waals surface area contributed by atoms with Crippen LogP contribution in [-0.2, 0) is 6.18 Å². The number of alkyl halides is 3. The fraction of sp³-hybridized carbons (Fsp3) is 0.250. The second kappa shape index (κ2) is 8.33. The SMILES string of the molecule is CCN(c1c([N+](=O)[O-])cc([N+](=O)[O-])cc1C(F)(F)F)c1c(Cl)cc(Br)c(C)c1Cl. The van der Waals surface area contributed by atoms with Gasteiger partial charge < -0.3 is 4.90 Å². The van der Waals surface area contributed by atoms with E-state index in [4.69, 9.17) is 23.2 Å². The van der Waals surface area contributed by atoms with E-state index in [1.165, 1.54) is 13.0 Å². The van der Waals surface area contributed by atoms with Crippen molar-refractivity contribution in [3.63, 3.8) is 0 Å². The molecule has 0 bridgehead atoms. The van der Waals surface area contributed by atoms with Crippen LogP contribution in [0.15, 0.2) is 22.7 Å².